The Kier molecular flexibility index (Phi) is 6.07. The van der Waals surface area contributed by atoms with E-state index in [1.54, 1.807) is 6.92 Å². The van der Waals surface area contributed by atoms with Gasteiger partial charge in [-0.15, -0.1) is 0 Å². The van der Waals surface area contributed by atoms with Gasteiger partial charge < -0.3 is 9.84 Å². The second-order valence-electron chi connectivity index (χ2n) is 6.85. The highest BCUT2D eigenvalue weighted by Gasteiger charge is 2.32. The molecule has 29 heavy (non-hydrogen) atoms. The molecule has 2 aromatic carbocycles. The largest absolute Gasteiger partial charge is 0.493 e. The van der Waals surface area contributed by atoms with Crippen molar-refractivity contribution in [3.8, 4) is 5.75 Å². The highest BCUT2D eigenvalue weighted by molar-refractivity contribution is 7.92. The molecule has 0 atom stereocenters. The van der Waals surface area contributed by atoms with Crippen LogP contribution in [0.25, 0.3) is 0 Å². The molecule has 0 radical (unpaired) electrons. The number of carboxylic acid groups (broad SMARTS) is 1. The van der Waals surface area contributed by atoms with Crippen LogP contribution in [0.5, 0.6) is 5.75 Å². The van der Waals surface area contributed by atoms with Crippen LogP contribution in [0.2, 0.25) is 0 Å². The van der Waals surface area contributed by atoms with Gasteiger partial charge in [-0.2, -0.15) is 0 Å². The molecule has 1 aliphatic heterocycles. The molecule has 9 heteroatoms. The topological polar surface area (TPSA) is 83.9 Å². The number of halogens is 2. The molecule has 0 unspecified atom stereocenters. The summed E-state index contributed by atoms with van der Waals surface area (Å²) in [6, 6.07) is 6.14. The molecule has 0 fully saturated rings. The Morgan fingerprint density at radius 2 is 2.00 bits per heavy atom. The molecule has 0 aromatic heterocycles. The van der Waals surface area contributed by atoms with E-state index in [1.807, 2.05) is 0 Å². The summed E-state index contributed by atoms with van der Waals surface area (Å²) < 4.78 is 60.7. The van der Waals surface area contributed by atoms with Gasteiger partial charge in [0.05, 0.1) is 17.2 Å². The van der Waals surface area contributed by atoms with Crippen molar-refractivity contribution >= 4 is 21.7 Å². The molecule has 1 aliphatic rings. The first kappa shape index (κ1) is 21.0. The number of hydrogen-bond acceptors (Lipinski definition) is 4. The lowest BCUT2D eigenvalue weighted by atomic mass is 10.0. The number of carbonyl (C=O) groups is 1. The Labute approximate surface area is 167 Å². The number of nitrogens with zero attached hydrogens (tertiary/aromatic N) is 1. The molecule has 6 nitrogen and oxygen atoms in total. The fourth-order valence-electron chi connectivity index (χ4n) is 3.33. The molecular weight excluding hydrogens is 404 g/mol. The zero-order chi connectivity index (χ0) is 21.2. The second kappa shape index (κ2) is 8.36. The predicted molar refractivity (Wildman–Crippen MR) is 103 cm³/mol. The molecule has 1 N–H and O–H groups in total. The standard InChI is InChI=1S/C20H21F2NO5S/c1-13-10-16(6-7-18(13)28-9-3-5-19(24)25)29(26,27)23-8-2-4-14-11-15(21)12-17(22)20(14)23/h6-7,10-12H,2-5,8-9H2,1H3,(H,24,25). The average molecular weight is 425 g/mol. The van der Waals surface area contributed by atoms with Gasteiger partial charge in [-0.1, -0.05) is 0 Å². The maximum absolute atomic E-state index is 14.4. The van der Waals surface area contributed by atoms with Gasteiger partial charge in [0.1, 0.15) is 11.6 Å². The summed E-state index contributed by atoms with van der Waals surface area (Å²) in [6.45, 7) is 1.96. The summed E-state index contributed by atoms with van der Waals surface area (Å²) in [5.41, 5.74) is 0.773. The minimum absolute atomic E-state index is 0.0218. The summed E-state index contributed by atoms with van der Waals surface area (Å²) in [5, 5.41) is 8.65. The number of carboxylic acids is 1. The Hall–Kier alpha value is -2.68. The number of hydrogen-bond donors (Lipinski definition) is 1. The van der Waals surface area contributed by atoms with Gasteiger partial charge in [-0.25, -0.2) is 17.2 Å². The maximum atomic E-state index is 14.4. The number of aliphatic carboxylic acids is 1. The molecular formula is C20H21F2NO5S. The highest BCUT2D eigenvalue weighted by atomic mass is 32.2. The van der Waals surface area contributed by atoms with Crippen LogP contribution in [0.3, 0.4) is 0 Å². The van der Waals surface area contributed by atoms with Crippen molar-refractivity contribution in [1.29, 1.82) is 0 Å². The Bertz CT molecular complexity index is 1040. The van der Waals surface area contributed by atoms with Crippen LogP contribution in [0.4, 0.5) is 14.5 Å². The monoisotopic (exact) mass is 425 g/mol. The quantitative estimate of drug-likeness (QED) is 0.685. The lowest BCUT2D eigenvalue weighted by Crippen LogP contribution is -2.36. The van der Waals surface area contributed by atoms with E-state index in [2.05, 4.69) is 0 Å². The minimum Gasteiger partial charge on any atom is -0.493 e. The third-order valence-corrected chi connectivity index (χ3v) is 6.49. The van der Waals surface area contributed by atoms with Crippen molar-refractivity contribution in [2.75, 3.05) is 17.5 Å². The van der Waals surface area contributed by atoms with Crippen LogP contribution in [0.1, 0.15) is 30.4 Å². The Morgan fingerprint density at radius 3 is 2.69 bits per heavy atom. The van der Waals surface area contributed by atoms with Gasteiger partial charge in [-0.05, 0) is 61.6 Å². The molecule has 0 saturated heterocycles. The summed E-state index contributed by atoms with van der Waals surface area (Å²) in [5.74, 6) is -2.11. The first-order valence-corrected chi connectivity index (χ1v) is 10.6. The molecule has 156 valence electrons. The van der Waals surface area contributed by atoms with Gasteiger partial charge in [0.2, 0.25) is 0 Å². The molecule has 2 aromatic rings. The van der Waals surface area contributed by atoms with E-state index in [-0.39, 0.29) is 30.2 Å². The van der Waals surface area contributed by atoms with Gasteiger partial charge >= 0.3 is 5.97 Å². The first-order valence-electron chi connectivity index (χ1n) is 9.16. The van der Waals surface area contributed by atoms with E-state index >= 15 is 0 Å². The zero-order valence-electron chi connectivity index (χ0n) is 15.8. The van der Waals surface area contributed by atoms with Crippen molar-refractivity contribution < 1.29 is 31.8 Å². The number of fused-ring (bicyclic) bond motifs is 1. The van der Waals surface area contributed by atoms with Crippen molar-refractivity contribution in [3.63, 3.8) is 0 Å². The lowest BCUT2D eigenvalue weighted by molar-refractivity contribution is -0.137. The SMILES string of the molecule is Cc1cc(S(=O)(=O)N2CCCc3cc(F)cc(F)c32)ccc1OCCCC(=O)O. The van der Waals surface area contributed by atoms with Crippen molar-refractivity contribution in [1.82, 2.24) is 0 Å². The summed E-state index contributed by atoms with van der Waals surface area (Å²) >= 11 is 0. The molecule has 3 rings (SSSR count). The zero-order valence-corrected chi connectivity index (χ0v) is 16.6. The van der Waals surface area contributed by atoms with E-state index in [9.17, 15) is 22.0 Å². The van der Waals surface area contributed by atoms with Crippen LogP contribution in [-0.4, -0.2) is 32.6 Å². The number of aryl methyl sites for hydroxylation is 2. The molecule has 0 saturated carbocycles. The van der Waals surface area contributed by atoms with E-state index in [4.69, 9.17) is 9.84 Å². The molecule has 0 amide bonds. The molecule has 0 spiro atoms. The van der Waals surface area contributed by atoms with Gasteiger partial charge in [0, 0.05) is 19.0 Å². The fourth-order valence-corrected chi connectivity index (χ4v) is 4.97. The van der Waals surface area contributed by atoms with E-state index in [1.165, 1.54) is 24.3 Å². The van der Waals surface area contributed by atoms with Crippen LogP contribution in [0, 0.1) is 18.6 Å². The third-order valence-electron chi connectivity index (χ3n) is 4.69. The first-order chi connectivity index (χ1) is 13.7. The normalized spacial score (nSPS) is 13.8. The number of rotatable bonds is 7. The predicted octanol–water partition coefficient (Wildman–Crippen LogP) is 3.66. The number of ether oxygens (including phenoxy) is 1. The van der Waals surface area contributed by atoms with Crippen LogP contribution < -0.4 is 9.04 Å². The van der Waals surface area contributed by atoms with Gasteiger partial charge in [-0.3, -0.25) is 9.10 Å². The van der Waals surface area contributed by atoms with Crippen LogP contribution >= 0.6 is 0 Å². The highest BCUT2D eigenvalue weighted by Crippen LogP contribution is 2.35. The summed E-state index contributed by atoms with van der Waals surface area (Å²) in [7, 11) is -4.05. The van der Waals surface area contributed by atoms with Crippen LogP contribution in [0.15, 0.2) is 35.2 Å². The second-order valence-corrected chi connectivity index (χ2v) is 8.71. The molecule has 0 aliphatic carbocycles. The van der Waals surface area contributed by atoms with Crippen LogP contribution in [-0.2, 0) is 21.2 Å². The number of sulfonamides is 1. The minimum atomic E-state index is -4.05. The molecule has 1 heterocycles. The van der Waals surface area contributed by atoms with E-state index in [0.717, 1.165) is 4.31 Å². The van der Waals surface area contributed by atoms with Crippen molar-refractivity contribution in [2.24, 2.45) is 0 Å². The van der Waals surface area contributed by atoms with E-state index in [0.29, 0.717) is 42.2 Å². The average Bonchev–Trinajstić information content (AvgIpc) is 2.65. The van der Waals surface area contributed by atoms with Crippen molar-refractivity contribution in [3.05, 3.63) is 53.1 Å². The fraction of sp³-hybridized carbons (Fsp3) is 0.350. The Balaban J connectivity index is 1.86. The lowest BCUT2D eigenvalue weighted by Gasteiger charge is -2.31. The number of anilines is 1. The molecule has 0 bridgehead atoms. The summed E-state index contributed by atoms with van der Waals surface area (Å²) in [4.78, 5) is 10.5. The smallest absolute Gasteiger partial charge is 0.303 e. The maximum Gasteiger partial charge on any atom is 0.303 e. The van der Waals surface area contributed by atoms with Gasteiger partial charge in [0.25, 0.3) is 10.0 Å². The summed E-state index contributed by atoms with van der Waals surface area (Å²) in [6.07, 6.45) is 1.16. The van der Waals surface area contributed by atoms with E-state index < -0.39 is 27.6 Å². The number of benzene rings is 2. The Morgan fingerprint density at radius 1 is 1.24 bits per heavy atom. The third kappa shape index (κ3) is 4.50. The van der Waals surface area contributed by atoms with Gasteiger partial charge in [0.15, 0.2) is 5.82 Å². The van der Waals surface area contributed by atoms with Crippen molar-refractivity contribution in [2.45, 2.75) is 37.5 Å².